The van der Waals surface area contributed by atoms with E-state index in [1.54, 1.807) is 38.5 Å². The fourth-order valence-corrected chi connectivity index (χ4v) is 2.32. The smallest absolute Gasteiger partial charge is 0.231 e. The van der Waals surface area contributed by atoms with Crippen molar-refractivity contribution in [3.05, 3.63) is 47.5 Å². The highest BCUT2D eigenvalue weighted by Gasteiger charge is 2.14. The van der Waals surface area contributed by atoms with Crippen LogP contribution in [-0.4, -0.2) is 21.0 Å². The number of hydrogen-bond donors (Lipinski definition) is 0. The molecule has 1 aliphatic heterocycles. The van der Waals surface area contributed by atoms with Gasteiger partial charge in [-0.3, -0.25) is 0 Å². The zero-order valence-electron chi connectivity index (χ0n) is 12.8. The zero-order valence-corrected chi connectivity index (χ0v) is 12.8. The Morgan fingerprint density at radius 3 is 2.39 bits per heavy atom. The first-order valence-corrected chi connectivity index (χ1v) is 6.98. The van der Waals surface area contributed by atoms with Crippen molar-refractivity contribution in [1.82, 2.24) is 0 Å². The Kier molecular flexibility index (Phi) is 4.07. The van der Waals surface area contributed by atoms with Crippen LogP contribution in [0.25, 0.3) is 11.6 Å². The number of methoxy groups -OCH3 is 2. The standard InChI is InChI=1S/C18H15NO4/c1-20-15-6-12(7-16(9-15)21-2)5-14(10-19)13-3-4-17-18(8-13)23-11-22-17/h3-9H,11H2,1-2H3/b14-5+. The Morgan fingerprint density at radius 2 is 1.74 bits per heavy atom. The van der Waals surface area contributed by atoms with E-state index in [4.69, 9.17) is 18.9 Å². The summed E-state index contributed by atoms with van der Waals surface area (Å²) in [6.07, 6.45) is 1.78. The Bertz CT molecular complexity index is 783. The van der Waals surface area contributed by atoms with Crippen molar-refractivity contribution in [3.8, 4) is 29.1 Å². The summed E-state index contributed by atoms with van der Waals surface area (Å²) in [5.41, 5.74) is 2.09. The minimum Gasteiger partial charge on any atom is -0.497 e. The van der Waals surface area contributed by atoms with Gasteiger partial charge in [0.1, 0.15) is 11.5 Å². The Labute approximate surface area is 134 Å². The van der Waals surface area contributed by atoms with E-state index in [1.165, 1.54) is 0 Å². The molecular weight excluding hydrogens is 294 g/mol. The summed E-state index contributed by atoms with van der Waals surface area (Å²) >= 11 is 0. The first-order valence-electron chi connectivity index (χ1n) is 6.98. The summed E-state index contributed by atoms with van der Waals surface area (Å²) in [6, 6.07) is 13.1. The third-order valence-electron chi connectivity index (χ3n) is 3.49. The number of fused-ring (bicyclic) bond motifs is 1. The predicted molar refractivity (Wildman–Crippen MR) is 85.6 cm³/mol. The molecule has 0 fully saturated rings. The molecule has 0 N–H and O–H groups in total. The number of nitrogens with zero attached hydrogens (tertiary/aromatic N) is 1. The normalized spacial score (nSPS) is 12.7. The highest BCUT2D eigenvalue weighted by Crippen LogP contribution is 2.35. The van der Waals surface area contributed by atoms with Crippen LogP contribution in [0.5, 0.6) is 23.0 Å². The molecule has 0 amide bonds. The Hall–Kier alpha value is -3.13. The summed E-state index contributed by atoms with van der Waals surface area (Å²) in [4.78, 5) is 0. The number of hydrogen-bond acceptors (Lipinski definition) is 5. The van der Waals surface area contributed by atoms with Crippen LogP contribution in [-0.2, 0) is 0 Å². The molecule has 0 unspecified atom stereocenters. The van der Waals surface area contributed by atoms with Crippen molar-refractivity contribution in [2.24, 2.45) is 0 Å². The molecule has 2 aromatic carbocycles. The fraction of sp³-hybridized carbons (Fsp3) is 0.167. The second kappa shape index (κ2) is 6.32. The van der Waals surface area contributed by atoms with Crippen molar-refractivity contribution in [3.63, 3.8) is 0 Å². The second-order valence-electron chi connectivity index (χ2n) is 4.88. The van der Waals surface area contributed by atoms with Crippen molar-refractivity contribution >= 4 is 11.6 Å². The highest BCUT2D eigenvalue weighted by atomic mass is 16.7. The number of benzene rings is 2. The molecule has 1 aliphatic rings. The molecule has 5 heteroatoms. The van der Waals surface area contributed by atoms with E-state index >= 15 is 0 Å². The van der Waals surface area contributed by atoms with E-state index in [2.05, 4.69) is 6.07 Å². The van der Waals surface area contributed by atoms with Gasteiger partial charge < -0.3 is 18.9 Å². The topological polar surface area (TPSA) is 60.7 Å². The lowest BCUT2D eigenvalue weighted by Gasteiger charge is -2.07. The predicted octanol–water partition coefficient (Wildman–Crippen LogP) is 3.50. The number of ether oxygens (including phenoxy) is 4. The molecular formula is C18H15NO4. The molecule has 23 heavy (non-hydrogen) atoms. The molecule has 0 saturated heterocycles. The van der Waals surface area contributed by atoms with E-state index in [9.17, 15) is 5.26 Å². The van der Waals surface area contributed by atoms with Gasteiger partial charge in [0.15, 0.2) is 11.5 Å². The van der Waals surface area contributed by atoms with Gasteiger partial charge in [0.05, 0.1) is 25.9 Å². The molecule has 0 bridgehead atoms. The third kappa shape index (κ3) is 3.06. The van der Waals surface area contributed by atoms with E-state index in [-0.39, 0.29) is 6.79 Å². The van der Waals surface area contributed by atoms with Crippen LogP contribution in [0.3, 0.4) is 0 Å². The number of allylic oxidation sites excluding steroid dienone is 1. The lowest BCUT2D eigenvalue weighted by atomic mass is 10.0. The molecule has 5 nitrogen and oxygen atoms in total. The van der Waals surface area contributed by atoms with Gasteiger partial charge in [0.25, 0.3) is 0 Å². The maximum absolute atomic E-state index is 9.49. The average Bonchev–Trinajstić information content (AvgIpc) is 3.06. The fourth-order valence-electron chi connectivity index (χ4n) is 2.32. The lowest BCUT2D eigenvalue weighted by molar-refractivity contribution is 0.174. The molecule has 2 aromatic rings. The van der Waals surface area contributed by atoms with Crippen LogP contribution >= 0.6 is 0 Å². The summed E-state index contributed by atoms with van der Waals surface area (Å²) in [5.74, 6) is 2.66. The van der Waals surface area contributed by atoms with Gasteiger partial charge in [-0.05, 0) is 47.5 Å². The molecule has 0 aromatic heterocycles. The molecule has 0 aliphatic carbocycles. The molecule has 116 valence electrons. The van der Waals surface area contributed by atoms with Crippen molar-refractivity contribution in [2.75, 3.05) is 21.0 Å². The van der Waals surface area contributed by atoms with Gasteiger partial charge in [-0.1, -0.05) is 0 Å². The summed E-state index contributed by atoms with van der Waals surface area (Å²) in [6.45, 7) is 0.206. The minimum absolute atomic E-state index is 0.206. The van der Waals surface area contributed by atoms with E-state index in [1.807, 2.05) is 18.2 Å². The maximum atomic E-state index is 9.49. The molecule has 1 heterocycles. The molecule has 0 spiro atoms. The first kappa shape index (κ1) is 14.8. The van der Waals surface area contributed by atoms with Crippen LogP contribution < -0.4 is 18.9 Å². The second-order valence-corrected chi connectivity index (χ2v) is 4.88. The third-order valence-corrected chi connectivity index (χ3v) is 3.49. The molecule has 0 atom stereocenters. The average molecular weight is 309 g/mol. The maximum Gasteiger partial charge on any atom is 0.231 e. The minimum atomic E-state index is 0.206. The van der Waals surface area contributed by atoms with Crippen LogP contribution in [0.1, 0.15) is 11.1 Å². The molecule has 0 radical (unpaired) electrons. The zero-order chi connectivity index (χ0) is 16.2. The first-order chi connectivity index (χ1) is 11.2. The van der Waals surface area contributed by atoms with Crippen LogP contribution in [0.15, 0.2) is 36.4 Å². The number of nitriles is 1. The SMILES string of the molecule is COc1cc(/C=C(\C#N)c2ccc3c(c2)OCO3)cc(OC)c1. The van der Waals surface area contributed by atoms with Gasteiger partial charge in [-0.15, -0.1) is 0 Å². The molecule has 0 saturated carbocycles. The Morgan fingerprint density at radius 1 is 1.04 bits per heavy atom. The van der Waals surface area contributed by atoms with E-state index in [0.29, 0.717) is 28.6 Å². The summed E-state index contributed by atoms with van der Waals surface area (Å²) in [5, 5.41) is 9.49. The van der Waals surface area contributed by atoms with Crippen LogP contribution in [0, 0.1) is 11.3 Å². The van der Waals surface area contributed by atoms with Crippen LogP contribution in [0.2, 0.25) is 0 Å². The highest BCUT2D eigenvalue weighted by molar-refractivity contribution is 5.90. The monoisotopic (exact) mass is 309 g/mol. The van der Waals surface area contributed by atoms with E-state index in [0.717, 1.165) is 11.1 Å². The largest absolute Gasteiger partial charge is 0.497 e. The van der Waals surface area contributed by atoms with Crippen molar-refractivity contribution < 1.29 is 18.9 Å². The van der Waals surface area contributed by atoms with Crippen molar-refractivity contribution in [2.45, 2.75) is 0 Å². The molecule has 3 rings (SSSR count). The van der Waals surface area contributed by atoms with Gasteiger partial charge in [-0.2, -0.15) is 5.26 Å². The van der Waals surface area contributed by atoms with Gasteiger partial charge in [0.2, 0.25) is 6.79 Å². The van der Waals surface area contributed by atoms with E-state index < -0.39 is 0 Å². The quantitative estimate of drug-likeness (QED) is 0.639. The van der Waals surface area contributed by atoms with Gasteiger partial charge in [0, 0.05) is 6.07 Å². The lowest BCUT2D eigenvalue weighted by Crippen LogP contribution is -1.92. The van der Waals surface area contributed by atoms with Gasteiger partial charge in [-0.25, -0.2) is 0 Å². The van der Waals surface area contributed by atoms with Crippen molar-refractivity contribution in [1.29, 1.82) is 5.26 Å². The summed E-state index contributed by atoms with van der Waals surface area (Å²) < 4.78 is 21.1. The van der Waals surface area contributed by atoms with Gasteiger partial charge >= 0.3 is 0 Å². The van der Waals surface area contributed by atoms with Crippen LogP contribution in [0.4, 0.5) is 0 Å². The Balaban J connectivity index is 2.01. The summed E-state index contributed by atoms with van der Waals surface area (Å²) in [7, 11) is 3.18. The number of rotatable bonds is 4.